The van der Waals surface area contributed by atoms with Crippen molar-refractivity contribution in [1.29, 1.82) is 0 Å². The number of hydrogen-bond acceptors (Lipinski definition) is 5. The van der Waals surface area contributed by atoms with Gasteiger partial charge in [-0.3, -0.25) is 19.4 Å². The summed E-state index contributed by atoms with van der Waals surface area (Å²) in [5, 5.41) is 7.50. The number of morpholine rings is 1. The number of carbonyl (C=O) groups is 1. The van der Waals surface area contributed by atoms with Crippen molar-refractivity contribution in [2.24, 2.45) is 12.0 Å². The molecule has 10 heteroatoms. The zero-order valence-electron chi connectivity index (χ0n) is 17.5. The van der Waals surface area contributed by atoms with E-state index in [2.05, 4.69) is 27.1 Å². The Morgan fingerprint density at radius 1 is 1.24 bits per heavy atom. The number of guanidine groups is 1. The molecule has 0 atom stereocenters. The second-order valence-corrected chi connectivity index (χ2v) is 7.24. The van der Waals surface area contributed by atoms with Crippen molar-refractivity contribution in [2.45, 2.75) is 19.8 Å². The molecule has 29 heavy (non-hydrogen) atoms. The average molecular weight is 519 g/mol. The largest absolute Gasteiger partial charge is 0.379 e. The maximum Gasteiger partial charge on any atom is 0.246 e. The number of nitrogens with zero attached hydrogens (tertiary/aromatic N) is 6. The summed E-state index contributed by atoms with van der Waals surface area (Å²) in [7, 11) is 1.86. The SMILES string of the molecule is CCNC(=NCCCCN1CCOCC1)N1CCN(c2cnn(C)c2)C(=O)C1.I. The molecule has 0 radical (unpaired) electrons. The van der Waals surface area contributed by atoms with E-state index in [1.807, 2.05) is 13.2 Å². The quantitative estimate of drug-likeness (QED) is 0.248. The number of piperazine rings is 1. The fraction of sp³-hybridized carbons (Fsp3) is 0.737. The summed E-state index contributed by atoms with van der Waals surface area (Å²) in [6.45, 7) is 10.3. The van der Waals surface area contributed by atoms with Crippen LogP contribution < -0.4 is 10.2 Å². The molecule has 1 aromatic rings. The molecule has 2 aliphatic rings. The van der Waals surface area contributed by atoms with Gasteiger partial charge in [-0.1, -0.05) is 0 Å². The number of rotatable bonds is 7. The van der Waals surface area contributed by atoms with Gasteiger partial charge >= 0.3 is 0 Å². The van der Waals surface area contributed by atoms with Gasteiger partial charge in [-0.05, 0) is 26.3 Å². The van der Waals surface area contributed by atoms with Crippen molar-refractivity contribution in [3.8, 4) is 0 Å². The number of nitrogens with one attached hydrogen (secondary N) is 1. The Bertz CT molecular complexity index is 661. The smallest absolute Gasteiger partial charge is 0.246 e. The predicted octanol–water partition coefficient (Wildman–Crippen LogP) is 0.765. The minimum Gasteiger partial charge on any atom is -0.379 e. The number of ether oxygens (including phenoxy) is 1. The summed E-state index contributed by atoms with van der Waals surface area (Å²) < 4.78 is 7.11. The summed E-state index contributed by atoms with van der Waals surface area (Å²) in [6, 6.07) is 0. The highest BCUT2D eigenvalue weighted by Crippen LogP contribution is 2.16. The van der Waals surface area contributed by atoms with E-state index >= 15 is 0 Å². The molecular weight excluding hydrogens is 485 g/mol. The fourth-order valence-electron chi connectivity index (χ4n) is 3.56. The molecule has 0 unspecified atom stereocenters. The Hall–Kier alpha value is -1.40. The van der Waals surface area contributed by atoms with Crippen molar-refractivity contribution in [1.82, 2.24) is 24.9 Å². The topological polar surface area (TPSA) is 78.2 Å². The van der Waals surface area contributed by atoms with Crippen molar-refractivity contribution in [2.75, 3.05) is 70.5 Å². The third-order valence-corrected chi connectivity index (χ3v) is 5.11. The molecule has 0 aromatic carbocycles. The monoisotopic (exact) mass is 519 g/mol. The molecule has 164 valence electrons. The zero-order chi connectivity index (χ0) is 19.8. The lowest BCUT2D eigenvalue weighted by molar-refractivity contribution is -0.120. The van der Waals surface area contributed by atoms with E-state index < -0.39 is 0 Å². The molecule has 1 aromatic heterocycles. The number of hydrogen-bond donors (Lipinski definition) is 1. The number of carbonyl (C=O) groups excluding carboxylic acids is 1. The number of aliphatic imine (C=N–C) groups is 1. The van der Waals surface area contributed by atoms with Gasteiger partial charge in [0.2, 0.25) is 5.91 Å². The number of amides is 1. The van der Waals surface area contributed by atoms with E-state index in [0.717, 1.165) is 77.0 Å². The van der Waals surface area contributed by atoms with Gasteiger partial charge in [-0.15, -0.1) is 24.0 Å². The molecule has 9 nitrogen and oxygen atoms in total. The molecule has 2 fully saturated rings. The number of anilines is 1. The van der Waals surface area contributed by atoms with Crippen LogP contribution in [0.2, 0.25) is 0 Å². The number of unbranched alkanes of at least 4 members (excludes halogenated alkanes) is 1. The van der Waals surface area contributed by atoms with E-state index in [0.29, 0.717) is 13.1 Å². The van der Waals surface area contributed by atoms with E-state index in [4.69, 9.17) is 9.73 Å². The summed E-state index contributed by atoms with van der Waals surface area (Å²) in [6.07, 6.45) is 5.80. The molecule has 2 aliphatic heterocycles. The Morgan fingerprint density at radius 3 is 2.69 bits per heavy atom. The first kappa shape index (κ1) is 23.9. The Balaban J connectivity index is 0.00000300. The molecule has 3 heterocycles. The molecule has 0 saturated carbocycles. The summed E-state index contributed by atoms with van der Waals surface area (Å²) >= 11 is 0. The van der Waals surface area contributed by atoms with E-state index in [-0.39, 0.29) is 29.9 Å². The maximum atomic E-state index is 12.6. The number of aryl methyl sites for hydroxylation is 1. The van der Waals surface area contributed by atoms with Crippen LogP contribution in [0.3, 0.4) is 0 Å². The van der Waals surface area contributed by atoms with Crippen molar-refractivity contribution in [3.05, 3.63) is 12.4 Å². The first-order chi connectivity index (χ1) is 13.7. The third-order valence-electron chi connectivity index (χ3n) is 5.11. The van der Waals surface area contributed by atoms with Gasteiger partial charge in [-0.25, -0.2) is 0 Å². The average Bonchev–Trinajstić information content (AvgIpc) is 3.13. The standard InChI is InChI=1S/C19H33N7O2.HI/c1-3-20-19(21-6-4-5-7-24-10-12-28-13-11-24)25-8-9-26(18(27)16-25)17-14-22-23(2)15-17;/h14-15H,3-13,16H2,1-2H3,(H,20,21);1H. The minimum atomic E-state index is 0. The highest BCUT2D eigenvalue weighted by atomic mass is 127. The lowest BCUT2D eigenvalue weighted by Gasteiger charge is -2.35. The molecule has 0 bridgehead atoms. The lowest BCUT2D eigenvalue weighted by Crippen LogP contribution is -2.55. The summed E-state index contributed by atoms with van der Waals surface area (Å²) in [5.41, 5.74) is 0.859. The minimum absolute atomic E-state index is 0. The second-order valence-electron chi connectivity index (χ2n) is 7.24. The van der Waals surface area contributed by atoms with Gasteiger partial charge in [0.15, 0.2) is 5.96 Å². The van der Waals surface area contributed by atoms with Gasteiger partial charge in [0.1, 0.15) is 6.54 Å². The fourth-order valence-corrected chi connectivity index (χ4v) is 3.56. The van der Waals surface area contributed by atoms with Crippen molar-refractivity contribution in [3.63, 3.8) is 0 Å². The third kappa shape index (κ3) is 7.10. The van der Waals surface area contributed by atoms with Gasteiger partial charge < -0.3 is 19.9 Å². The first-order valence-electron chi connectivity index (χ1n) is 10.3. The highest BCUT2D eigenvalue weighted by Gasteiger charge is 2.27. The van der Waals surface area contributed by atoms with Gasteiger partial charge in [0.25, 0.3) is 0 Å². The summed E-state index contributed by atoms with van der Waals surface area (Å²) in [4.78, 5) is 23.7. The van der Waals surface area contributed by atoms with Gasteiger partial charge in [0, 0.05) is 52.5 Å². The molecular formula is C19H34IN7O2. The Labute approximate surface area is 190 Å². The first-order valence-corrected chi connectivity index (χ1v) is 10.3. The van der Waals surface area contributed by atoms with Crippen LogP contribution in [-0.4, -0.2) is 97.0 Å². The van der Waals surface area contributed by atoms with Gasteiger partial charge in [-0.2, -0.15) is 5.10 Å². The molecule has 3 rings (SSSR count). The zero-order valence-corrected chi connectivity index (χ0v) is 19.9. The van der Waals surface area contributed by atoms with E-state index in [1.54, 1.807) is 15.8 Å². The van der Waals surface area contributed by atoms with Gasteiger partial charge in [0.05, 0.1) is 25.1 Å². The normalized spacial score (nSPS) is 18.7. The van der Waals surface area contributed by atoms with Crippen LogP contribution in [0.4, 0.5) is 5.69 Å². The van der Waals surface area contributed by atoms with Crippen LogP contribution in [0.1, 0.15) is 19.8 Å². The molecule has 0 aliphatic carbocycles. The van der Waals surface area contributed by atoms with Crippen LogP contribution in [0.15, 0.2) is 17.4 Å². The van der Waals surface area contributed by atoms with E-state index in [9.17, 15) is 4.79 Å². The lowest BCUT2D eigenvalue weighted by atomic mass is 10.2. The number of halogens is 1. The van der Waals surface area contributed by atoms with Crippen LogP contribution in [0.5, 0.6) is 0 Å². The van der Waals surface area contributed by atoms with Crippen molar-refractivity contribution < 1.29 is 9.53 Å². The molecule has 1 N–H and O–H groups in total. The van der Waals surface area contributed by atoms with Crippen LogP contribution in [-0.2, 0) is 16.6 Å². The van der Waals surface area contributed by atoms with Crippen LogP contribution in [0.25, 0.3) is 0 Å². The summed E-state index contributed by atoms with van der Waals surface area (Å²) in [5.74, 6) is 0.922. The molecule has 1 amide bonds. The van der Waals surface area contributed by atoms with Crippen LogP contribution in [0, 0.1) is 0 Å². The van der Waals surface area contributed by atoms with Crippen LogP contribution >= 0.6 is 24.0 Å². The Kier molecular flexibility index (Phi) is 10.2. The highest BCUT2D eigenvalue weighted by molar-refractivity contribution is 14.0. The van der Waals surface area contributed by atoms with E-state index in [1.165, 1.54) is 0 Å². The number of aromatic nitrogens is 2. The predicted molar refractivity (Wildman–Crippen MR) is 125 cm³/mol. The molecule has 0 spiro atoms. The second kappa shape index (κ2) is 12.3. The Morgan fingerprint density at radius 2 is 2.03 bits per heavy atom. The van der Waals surface area contributed by atoms with Crippen molar-refractivity contribution >= 4 is 41.5 Å². The maximum absolute atomic E-state index is 12.6. The molecule has 2 saturated heterocycles.